The molecule has 1 heterocycles. The molecule has 6 heteroatoms. The van der Waals surface area contributed by atoms with Crippen molar-refractivity contribution in [1.29, 1.82) is 0 Å². The first-order valence-electron chi connectivity index (χ1n) is 7.36. The van der Waals surface area contributed by atoms with E-state index in [1.165, 1.54) is 7.11 Å². The second-order valence-electron chi connectivity index (χ2n) is 5.51. The third-order valence-electron chi connectivity index (χ3n) is 3.74. The van der Waals surface area contributed by atoms with E-state index in [0.29, 0.717) is 13.2 Å². The first-order valence-corrected chi connectivity index (χ1v) is 7.36. The van der Waals surface area contributed by atoms with Crippen molar-refractivity contribution in [2.45, 2.75) is 25.4 Å². The van der Waals surface area contributed by atoms with Crippen molar-refractivity contribution < 1.29 is 19.0 Å². The zero-order valence-electron chi connectivity index (χ0n) is 13.3. The lowest BCUT2D eigenvalue weighted by Gasteiger charge is -2.29. The van der Waals surface area contributed by atoms with Crippen LogP contribution in [-0.4, -0.2) is 39.9 Å². The number of rotatable bonds is 6. The Morgan fingerprint density at radius 2 is 2.23 bits per heavy atom. The number of carbonyl (C=O) groups is 1. The number of amides is 1. The maximum atomic E-state index is 11.8. The van der Waals surface area contributed by atoms with Gasteiger partial charge in [0.2, 0.25) is 5.91 Å². The average Bonchev–Trinajstić information content (AvgIpc) is 2.48. The Hall–Kier alpha value is -1.63. The molecule has 0 spiro atoms. The standard InChI is InChI=1S/C16H24N2O4/c1-10-6-11(13(17)8-20-2)7-12-14(4-5-22-16(10)12)18-15(19)9-21-3/h6-7,13-14H,4-5,8-9,17H2,1-3H3,(H,18,19). The summed E-state index contributed by atoms with van der Waals surface area (Å²) in [6.07, 6.45) is 0.727. The predicted octanol–water partition coefficient (Wildman–Crippen LogP) is 1.23. The summed E-state index contributed by atoms with van der Waals surface area (Å²) in [5, 5.41) is 2.99. The molecule has 0 aliphatic carbocycles. The molecule has 2 atom stereocenters. The van der Waals surface area contributed by atoms with Crippen LogP contribution in [0.5, 0.6) is 5.75 Å². The molecule has 0 radical (unpaired) electrons. The monoisotopic (exact) mass is 308 g/mol. The molecule has 0 bridgehead atoms. The Labute approximate surface area is 130 Å². The lowest BCUT2D eigenvalue weighted by Crippen LogP contribution is -2.34. The molecule has 122 valence electrons. The molecule has 0 aromatic heterocycles. The van der Waals surface area contributed by atoms with Crippen LogP contribution in [0.1, 0.15) is 35.2 Å². The van der Waals surface area contributed by atoms with Gasteiger partial charge >= 0.3 is 0 Å². The van der Waals surface area contributed by atoms with Gasteiger partial charge in [0.05, 0.1) is 25.3 Å². The van der Waals surface area contributed by atoms with Crippen LogP contribution in [-0.2, 0) is 14.3 Å². The van der Waals surface area contributed by atoms with Crippen molar-refractivity contribution in [3.05, 3.63) is 28.8 Å². The molecule has 1 aromatic rings. The van der Waals surface area contributed by atoms with Gasteiger partial charge in [-0.15, -0.1) is 0 Å². The summed E-state index contributed by atoms with van der Waals surface area (Å²) < 4.78 is 15.8. The largest absolute Gasteiger partial charge is 0.493 e. The zero-order valence-corrected chi connectivity index (χ0v) is 13.3. The summed E-state index contributed by atoms with van der Waals surface area (Å²) in [4.78, 5) is 11.8. The quantitative estimate of drug-likeness (QED) is 0.826. The molecule has 6 nitrogen and oxygen atoms in total. The molecule has 3 N–H and O–H groups in total. The first-order chi connectivity index (χ1) is 10.6. The molecule has 2 rings (SSSR count). The minimum Gasteiger partial charge on any atom is -0.493 e. The highest BCUT2D eigenvalue weighted by atomic mass is 16.5. The second-order valence-corrected chi connectivity index (χ2v) is 5.51. The number of nitrogens with two attached hydrogens (primary N) is 1. The summed E-state index contributed by atoms with van der Waals surface area (Å²) in [6, 6.07) is 3.73. The Bertz CT molecular complexity index is 533. The van der Waals surface area contributed by atoms with Gasteiger partial charge in [0.1, 0.15) is 12.4 Å². The molecule has 1 aliphatic rings. The lowest BCUT2D eigenvalue weighted by atomic mass is 9.93. The van der Waals surface area contributed by atoms with Crippen LogP contribution in [0, 0.1) is 6.92 Å². The van der Waals surface area contributed by atoms with E-state index in [2.05, 4.69) is 5.32 Å². The van der Waals surface area contributed by atoms with Gasteiger partial charge in [-0.25, -0.2) is 0 Å². The highest BCUT2D eigenvalue weighted by Crippen LogP contribution is 2.36. The van der Waals surface area contributed by atoms with Crippen LogP contribution in [0.25, 0.3) is 0 Å². The lowest BCUT2D eigenvalue weighted by molar-refractivity contribution is -0.125. The van der Waals surface area contributed by atoms with Crippen molar-refractivity contribution in [3.8, 4) is 5.75 Å². The van der Waals surface area contributed by atoms with E-state index in [0.717, 1.165) is 28.9 Å². The number of nitrogens with one attached hydrogen (secondary N) is 1. The molecule has 2 unspecified atom stereocenters. The van der Waals surface area contributed by atoms with Crippen molar-refractivity contribution in [2.75, 3.05) is 34.0 Å². The maximum Gasteiger partial charge on any atom is 0.246 e. The fourth-order valence-electron chi connectivity index (χ4n) is 2.73. The van der Waals surface area contributed by atoms with Crippen LogP contribution in [0.3, 0.4) is 0 Å². The van der Waals surface area contributed by atoms with Gasteiger partial charge in [-0.1, -0.05) is 6.07 Å². The van der Waals surface area contributed by atoms with E-state index >= 15 is 0 Å². The number of fused-ring (bicyclic) bond motifs is 1. The van der Waals surface area contributed by atoms with Crippen molar-refractivity contribution in [1.82, 2.24) is 5.32 Å². The average molecular weight is 308 g/mol. The molecular formula is C16H24N2O4. The van der Waals surface area contributed by atoms with Crippen LogP contribution >= 0.6 is 0 Å². The van der Waals surface area contributed by atoms with E-state index < -0.39 is 0 Å². The second kappa shape index (κ2) is 7.58. The fourth-order valence-corrected chi connectivity index (χ4v) is 2.73. The van der Waals surface area contributed by atoms with Gasteiger partial charge in [-0.05, 0) is 24.1 Å². The summed E-state index contributed by atoms with van der Waals surface area (Å²) in [7, 11) is 3.13. The number of carbonyl (C=O) groups excluding carboxylic acids is 1. The van der Waals surface area contributed by atoms with Crippen molar-refractivity contribution in [3.63, 3.8) is 0 Å². The first kappa shape index (κ1) is 16.7. The Morgan fingerprint density at radius 1 is 1.45 bits per heavy atom. The van der Waals surface area contributed by atoms with Gasteiger partial charge in [-0.2, -0.15) is 0 Å². The molecule has 1 amide bonds. The zero-order chi connectivity index (χ0) is 16.1. The van der Waals surface area contributed by atoms with E-state index in [4.69, 9.17) is 19.9 Å². The van der Waals surface area contributed by atoms with Crippen LogP contribution in [0.2, 0.25) is 0 Å². The van der Waals surface area contributed by atoms with Gasteiger partial charge < -0.3 is 25.3 Å². The number of ether oxygens (including phenoxy) is 3. The molecular weight excluding hydrogens is 284 g/mol. The van der Waals surface area contributed by atoms with E-state index in [1.54, 1.807) is 7.11 Å². The van der Waals surface area contributed by atoms with Crippen molar-refractivity contribution in [2.24, 2.45) is 5.73 Å². The molecule has 1 aliphatic heterocycles. The summed E-state index contributed by atoms with van der Waals surface area (Å²) in [6.45, 7) is 3.06. The summed E-state index contributed by atoms with van der Waals surface area (Å²) in [5.74, 6) is 0.701. The van der Waals surface area contributed by atoms with E-state index in [1.807, 2.05) is 19.1 Å². The van der Waals surface area contributed by atoms with Gasteiger partial charge in [-0.3, -0.25) is 4.79 Å². The number of methoxy groups -OCH3 is 2. The number of aryl methyl sites for hydroxylation is 1. The maximum absolute atomic E-state index is 11.8. The molecule has 0 fully saturated rings. The Kier molecular flexibility index (Phi) is 5.76. The van der Waals surface area contributed by atoms with Crippen LogP contribution in [0.4, 0.5) is 0 Å². The predicted molar refractivity (Wildman–Crippen MR) is 82.9 cm³/mol. The minimum absolute atomic E-state index is 0.0502. The van der Waals surface area contributed by atoms with Gasteiger partial charge in [0, 0.05) is 26.2 Å². The molecule has 22 heavy (non-hydrogen) atoms. The third-order valence-corrected chi connectivity index (χ3v) is 3.74. The smallest absolute Gasteiger partial charge is 0.246 e. The normalized spacial score (nSPS) is 18.3. The van der Waals surface area contributed by atoms with Crippen molar-refractivity contribution >= 4 is 5.91 Å². The number of benzene rings is 1. The topological polar surface area (TPSA) is 82.8 Å². The van der Waals surface area contributed by atoms with E-state index in [-0.39, 0.29) is 24.6 Å². The minimum atomic E-state index is -0.203. The summed E-state index contributed by atoms with van der Waals surface area (Å²) in [5.41, 5.74) is 9.10. The summed E-state index contributed by atoms with van der Waals surface area (Å²) >= 11 is 0. The van der Waals surface area contributed by atoms with Gasteiger partial charge in [0.25, 0.3) is 0 Å². The SMILES string of the molecule is COCC(=O)NC1CCOc2c(C)cc(C(N)COC)cc21. The number of hydrogen-bond donors (Lipinski definition) is 2. The molecule has 0 saturated carbocycles. The molecule has 1 aromatic carbocycles. The Morgan fingerprint density at radius 3 is 2.91 bits per heavy atom. The highest BCUT2D eigenvalue weighted by molar-refractivity contribution is 5.78. The van der Waals surface area contributed by atoms with Crippen LogP contribution in [0.15, 0.2) is 12.1 Å². The highest BCUT2D eigenvalue weighted by Gasteiger charge is 2.25. The fraction of sp³-hybridized carbons (Fsp3) is 0.562. The Balaban J connectivity index is 2.29. The van der Waals surface area contributed by atoms with Crippen LogP contribution < -0.4 is 15.8 Å². The van der Waals surface area contributed by atoms with Gasteiger partial charge in [0.15, 0.2) is 0 Å². The van der Waals surface area contributed by atoms with E-state index in [9.17, 15) is 4.79 Å². The third kappa shape index (κ3) is 3.76. The number of hydrogen-bond acceptors (Lipinski definition) is 5. The molecule has 0 saturated heterocycles.